The minimum absolute atomic E-state index is 0.410. The molecule has 0 atom stereocenters. The molecule has 0 unspecified atom stereocenters. The molecule has 6 heteroatoms. The number of nitrogens with one attached hydrogen (secondary N) is 1. The third-order valence-electron chi connectivity index (χ3n) is 2.65. The first-order chi connectivity index (χ1) is 8.66. The zero-order valence-corrected chi connectivity index (χ0v) is 10.1. The van der Waals surface area contributed by atoms with Gasteiger partial charge in [-0.3, -0.25) is 9.48 Å². The average Bonchev–Trinajstić information content (AvgIpc) is 2.76. The molecule has 18 heavy (non-hydrogen) atoms. The van der Waals surface area contributed by atoms with Crippen LogP contribution in [0, 0.1) is 0 Å². The van der Waals surface area contributed by atoms with Crippen molar-refractivity contribution in [2.24, 2.45) is 12.8 Å². The van der Waals surface area contributed by atoms with Gasteiger partial charge in [-0.15, -0.1) is 5.10 Å². The lowest BCUT2D eigenvalue weighted by atomic mass is 10.1. The molecule has 0 aliphatic carbocycles. The van der Waals surface area contributed by atoms with Gasteiger partial charge in [0.15, 0.2) is 0 Å². The van der Waals surface area contributed by atoms with E-state index in [2.05, 4.69) is 15.6 Å². The highest BCUT2D eigenvalue weighted by Crippen LogP contribution is 2.04. The highest BCUT2D eigenvalue weighted by Gasteiger charge is 2.02. The number of benzene rings is 1. The molecule has 6 nitrogen and oxygen atoms in total. The summed E-state index contributed by atoms with van der Waals surface area (Å²) in [6.45, 7) is 1.33. The smallest absolute Gasteiger partial charge is 0.248 e. The first kappa shape index (κ1) is 12.3. The molecule has 0 radical (unpaired) electrons. The summed E-state index contributed by atoms with van der Waals surface area (Å²) in [4.78, 5) is 11.0. The maximum Gasteiger partial charge on any atom is 0.248 e. The van der Waals surface area contributed by atoms with Crippen LogP contribution < -0.4 is 11.1 Å². The summed E-state index contributed by atoms with van der Waals surface area (Å²) in [5.74, 6) is -0.410. The Morgan fingerprint density at radius 2 is 2.28 bits per heavy atom. The van der Waals surface area contributed by atoms with Crippen molar-refractivity contribution in [1.82, 2.24) is 20.3 Å². The van der Waals surface area contributed by atoms with Crippen LogP contribution in [0.4, 0.5) is 0 Å². The second kappa shape index (κ2) is 5.42. The van der Waals surface area contributed by atoms with E-state index in [1.54, 1.807) is 23.0 Å². The Morgan fingerprint density at radius 1 is 1.44 bits per heavy atom. The predicted molar refractivity (Wildman–Crippen MR) is 66.5 cm³/mol. The van der Waals surface area contributed by atoms with E-state index in [0.717, 1.165) is 11.3 Å². The summed E-state index contributed by atoms with van der Waals surface area (Å²) < 4.78 is 1.72. The molecule has 0 aliphatic rings. The quantitative estimate of drug-likeness (QED) is 0.788. The van der Waals surface area contributed by atoms with E-state index in [-0.39, 0.29) is 0 Å². The normalized spacial score (nSPS) is 10.5. The fraction of sp³-hybridized carbons (Fsp3) is 0.250. The van der Waals surface area contributed by atoms with Gasteiger partial charge < -0.3 is 11.1 Å². The van der Waals surface area contributed by atoms with Gasteiger partial charge in [0.2, 0.25) is 5.91 Å². The van der Waals surface area contributed by atoms with Gasteiger partial charge in [0.25, 0.3) is 0 Å². The maximum atomic E-state index is 11.0. The third kappa shape index (κ3) is 2.92. The summed E-state index contributed by atoms with van der Waals surface area (Å²) in [6.07, 6.45) is 1.72. The van der Waals surface area contributed by atoms with Crippen LogP contribution in [-0.2, 0) is 20.1 Å². The summed E-state index contributed by atoms with van der Waals surface area (Å²) in [6, 6.07) is 7.26. The Balaban J connectivity index is 1.92. The van der Waals surface area contributed by atoms with Crippen LogP contribution in [0.5, 0.6) is 0 Å². The van der Waals surface area contributed by atoms with Gasteiger partial charge in [-0.05, 0) is 17.7 Å². The van der Waals surface area contributed by atoms with Crippen molar-refractivity contribution in [2.75, 3.05) is 0 Å². The average molecular weight is 245 g/mol. The molecule has 0 saturated carbocycles. The Labute approximate surface area is 105 Å². The van der Waals surface area contributed by atoms with Crippen molar-refractivity contribution >= 4 is 5.91 Å². The van der Waals surface area contributed by atoms with E-state index in [4.69, 9.17) is 5.73 Å². The van der Waals surface area contributed by atoms with Crippen molar-refractivity contribution in [3.8, 4) is 0 Å². The molecular weight excluding hydrogens is 230 g/mol. The number of aryl methyl sites for hydroxylation is 1. The van der Waals surface area contributed by atoms with Gasteiger partial charge in [0, 0.05) is 25.7 Å². The molecule has 1 aromatic carbocycles. The number of carbonyl (C=O) groups excluding carboxylic acids is 1. The van der Waals surface area contributed by atoms with Crippen molar-refractivity contribution in [3.63, 3.8) is 0 Å². The van der Waals surface area contributed by atoms with E-state index in [0.29, 0.717) is 18.7 Å². The Kier molecular flexibility index (Phi) is 3.69. The van der Waals surface area contributed by atoms with E-state index < -0.39 is 5.91 Å². The van der Waals surface area contributed by atoms with Crippen LogP contribution in [-0.4, -0.2) is 20.9 Å². The van der Waals surface area contributed by atoms with Crippen molar-refractivity contribution in [2.45, 2.75) is 13.1 Å². The maximum absolute atomic E-state index is 11.0. The van der Waals surface area contributed by atoms with Crippen LogP contribution in [0.3, 0.4) is 0 Å². The lowest BCUT2D eigenvalue weighted by Crippen LogP contribution is -2.16. The number of primary amides is 1. The minimum atomic E-state index is -0.410. The summed E-state index contributed by atoms with van der Waals surface area (Å²) in [5, 5.41) is 10.9. The van der Waals surface area contributed by atoms with Crippen LogP contribution in [0.25, 0.3) is 0 Å². The van der Waals surface area contributed by atoms with Gasteiger partial charge in [0.05, 0.1) is 11.9 Å². The molecule has 3 N–H and O–H groups in total. The number of carbonyl (C=O) groups is 1. The minimum Gasteiger partial charge on any atom is -0.366 e. The van der Waals surface area contributed by atoms with Crippen LogP contribution in [0.1, 0.15) is 21.6 Å². The molecule has 0 saturated heterocycles. The van der Waals surface area contributed by atoms with E-state index in [1.165, 1.54) is 0 Å². The van der Waals surface area contributed by atoms with Gasteiger partial charge in [-0.1, -0.05) is 17.3 Å². The Morgan fingerprint density at radius 3 is 2.94 bits per heavy atom. The molecule has 0 spiro atoms. The molecular formula is C12H15N5O. The third-order valence-corrected chi connectivity index (χ3v) is 2.65. The van der Waals surface area contributed by atoms with Gasteiger partial charge in [0.1, 0.15) is 0 Å². The number of rotatable bonds is 5. The molecule has 0 aliphatic heterocycles. The molecule has 2 aromatic rings. The van der Waals surface area contributed by atoms with E-state index >= 15 is 0 Å². The fourth-order valence-electron chi connectivity index (χ4n) is 1.64. The Hall–Kier alpha value is -2.21. The van der Waals surface area contributed by atoms with Crippen LogP contribution >= 0.6 is 0 Å². The lowest BCUT2D eigenvalue weighted by molar-refractivity contribution is 0.1000. The highest BCUT2D eigenvalue weighted by atomic mass is 16.1. The first-order valence-corrected chi connectivity index (χ1v) is 5.60. The second-order valence-corrected chi connectivity index (χ2v) is 4.02. The number of hydrogen-bond acceptors (Lipinski definition) is 4. The van der Waals surface area contributed by atoms with Gasteiger partial charge in [-0.25, -0.2) is 0 Å². The van der Waals surface area contributed by atoms with Crippen molar-refractivity contribution in [1.29, 1.82) is 0 Å². The van der Waals surface area contributed by atoms with E-state index in [1.807, 2.05) is 19.2 Å². The lowest BCUT2D eigenvalue weighted by Gasteiger charge is -2.05. The number of nitrogens with zero attached hydrogens (tertiary/aromatic N) is 3. The largest absolute Gasteiger partial charge is 0.366 e. The Bertz CT molecular complexity index is 549. The van der Waals surface area contributed by atoms with Gasteiger partial charge in [-0.2, -0.15) is 0 Å². The topological polar surface area (TPSA) is 85.8 Å². The number of nitrogens with two attached hydrogens (primary N) is 1. The zero-order valence-electron chi connectivity index (χ0n) is 10.1. The zero-order chi connectivity index (χ0) is 13.0. The molecule has 1 heterocycles. The SMILES string of the molecule is Cn1nncc1CNCc1cccc(C(N)=O)c1. The molecule has 1 amide bonds. The first-order valence-electron chi connectivity index (χ1n) is 5.60. The fourth-order valence-corrected chi connectivity index (χ4v) is 1.64. The second-order valence-electron chi connectivity index (χ2n) is 4.02. The number of hydrogen-bond donors (Lipinski definition) is 2. The monoisotopic (exact) mass is 245 g/mol. The number of aromatic nitrogens is 3. The van der Waals surface area contributed by atoms with E-state index in [9.17, 15) is 4.79 Å². The van der Waals surface area contributed by atoms with Gasteiger partial charge >= 0.3 is 0 Å². The molecule has 2 rings (SSSR count). The van der Waals surface area contributed by atoms with Crippen LogP contribution in [0.2, 0.25) is 0 Å². The van der Waals surface area contributed by atoms with Crippen molar-refractivity contribution < 1.29 is 4.79 Å². The summed E-state index contributed by atoms with van der Waals surface area (Å²) in [7, 11) is 1.84. The molecule has 94 valence electrons. The summed E-state index contributed by atoms with van der Waals surface area (Å²) in [5.41, 5.74) is 7.77. The standard InChI is InChI=1S/C12H15N5O/c1-17-11(8-15-16-17)7-14-6-9-3-2-4-10(5-9)12(13)18/h2-5,8,14H,6-7H2,1H3,(H2,13,18). The van der Waals surface area contributed by atoms with Crippen LogP contribution in [0.15, 0.2) is 30.5 Å². The molecule has 0 bridgehead atoms. The van der Waals surface area contributed by atoms with Crippen molar-refractivity contribution in [3.05, 3.63) is 47.3 Å². The molecule has 0 fully saturated rings. The predicted octanol–water partition coefficient (Wildman–Crippen LogP) is 0.204. The molecule has 1 aromatic heterocycles. The number of amides is 1. The highest BCUT2D eigenvalue weighted by molar-refractivity contribution is 5.92. The summed E-state index contributed by atoms with van der Waals surface area (Å²) >= 11 is 0.